The van der Waals surface area contributed by atoms with Crippen LogP contribution in [0.4, 0.5) is 5.69 Å². The number of pyridine rings is 1. The van der Waals surface area contributed by atoms with E-state index in [0.717, 1.165) is 0 Å². The van der Waals surface area contributed by atoms with Crippen molar-refractivity contribution in [1.29, 1.82) is 0 Å². The Hall–Kier alpha value is -2.37. The third kappa shape index (κ3) is 2.17. The van der Waals surface area contributed by atoms with Crippen LogP contribution in [0.2, 0.25) is 0 Å². The number of anilines is 1. The molecule has 2 heterocycles. The fraction of sp³-hybridized carbons (Fsp3) is 0.100. The Morgan fingerprint density at radius 2 is 2.44 bits per heavy atom. The summed E-state index contributed by atoms with van der Waals surface area (Å²) in [6.07, 6.45) is 3.15. The molecule has 2 aromatic rings. The van der Waals surface area contributed by atoms with Gasteiger partial charge >= 0.3 is 0 Å². The van der Waals surface area contributed by atoms with Crippen LogP contribution in [0.3, 0.4) is 0 Å². The number of ether oxygens (including phenoxy) is 1. The SMILES string of the molecule is COc1cc(C(=O)Nc2cccnc2)on1. The monoisotopic (exact) mass is 219 g/mol. The zero-order valence-electron chi connectivity index (χ0n) is 8.51. The van der Waals surface area contributed by atoms with E-state index in [1.165, 1.54) is 19.4 Å². The lowest BCUT2D eigenvalue weighted by molar-refractivity contribution is 0.0987. The van der Waals surface area contributed by atoms with Crippen molar-refractivity contribution in [3.05, 3.63) is 36.4 Å². The Labute approximate surface area is 91.2 Å². The highest BCUT2D eigenvalue weighted by Gasteiger charge is 2.13. The molecule has 0 saturated heterocycles. The molecule has 0 fully saturated rings. The lowest BCUT2D eigenvalue weighted by Gasteiger charge is -1.99. The third-order valence-electron chi connectivity index (χ3n) is 1.84. The number of hydrogen-bond acceptors (Lipinski definition) is 5. The number of nitrogens with zero attached hydrogens (tertiary/aromatic N) is 2. The van der Waals surface area contributed by atoms with E-state index in [9.17, 15) is 4.79 Å². The largest absolute Gasteiger partial charge is 0.479 e. The number of rotatable bonds is 3. The minimum atomic E-state index is -0.399. The fourth-order valence-electron chi connectivity index (χ4n) is 1.09. The lowest BCUT2D eigenvalue weighted by atomic mass is 10.4. The minimum Gasteiger partial charge on any atom is -0.479 e. The summed E-state index contributed by atoms with van der Waals surface area (Å²) in [5, 5.41) is 6.13. The fourth-order valence-corrected chi connectivity index (χ4v) is 1.09. The molecular formula is C10H9N3O3. The molecule has 0 unspecified atom stereocenters. The van der Waals surface area contributed by atoms with E-state index < -0.39 is 5.91 Å². The lowest BCUT2D eigenvalue weighted by Crippen LogP contribution is -2.10. The van der Waals surface area contributed by atoms with E-state index in [-0.39, 0.29) is 11.6 Å². The average Bonchev–Trinajstić information content (AvgIpc) is 2.79. The molecule has 2 aromatic heterocycles. The van der Waals surface area contributed by atoms with Crippen molar-refractivity contribution >= 4 is 11.6 Å². The summed E-state index contributed by atoms with van der Waals surface area (Å²) in [5.74, 6) is -0.0548. The number of nitrogens with one attached hydrogen (secondary N) is 1. The van der Waals surface area contributed by atoms with Crippen LogP contribution in [0.5, 0.6) is 5.88 Å². The van der Waals surface area contributed by atoms with E-state index in [4.69, 9.17) is 9.26 Å². The van der Waals surface area contributed by atoms with Gasteiger partial charge in [-0.25, -0.2) is 0 Å². The number of amides is 1. The molecule has 0 aromatic carbocycles. The first-order valence-corrected chi connectivity index (χ1v) is 4.51. The van der Waals surface area contributed by atoms with Gasteiger partial charge in [-0.2, -0.15) is 0 Å². The Balaban J connectivity index is 2.09. The second-order valence-corrected chi connectivity index (χ2v) is 2.93. The molecule has 0 aliphatic heterocycles. The first kappa shape index (κ1) is 10.2. The van der Waals surface area contributed by atoms with Gasteiger partial charge in [0.15, 0.2) is 0 Å². The van der Waals surface area contributed by atoms with Crippen LogP contribution >= 0.6 is 0 Å². The molecule has 2 rings (SSSR count). The number of carbonyl (C=O) groups is 1. The van der Waals surface area contributed by atoms with E-state index in [1.54, 1.807) is 18.3 Å². The second-order valence-electron chi connectivity index (χ2n) is 2.93. The van der Waals surface area contributed by atoms with Gasteiger partial charge in [-0.1, -0.05) is 0 Å². The number of methoxy groups -OCH3 is 1. The Bertz CT molecular complexity index is 481. The summed E-state index contributed by atoms with van der Waals surface area (Å²) >= 11 is 0. The van der Waals surface area contributed by atoms with Crippen LogP contribution in [0.1, 0.15) is 10.6 Å². The normalized spacial score (nSPS) is 9.81. The van der Waals surface area contributed by atoms with Crippen LogP contribution in [0.15, 0.2) is 35.1 Å². The maximum absolute atomic E-state index is 11.6. The molecule has 0 atom stereocenters. The van der Waals surface area contributed by atoms with Gasteiger partial charge in [0.1, 0.15) is 0 Å². The number of hydrogen-bond donors (Lipinski definition) is 1. The van der Waals surface area contributed by atoms with E-state index in [1.807, 2.05) is 0 Å². The van der Waals surface area contributed by atoms with E-state index in [0.29, 0.717) is 5.69 Å². The minimum absolute atomic E-state index is 0.0840. The molecule has 0 radical (unpaired) electrons. The Morgan fingerprint density at radius 3 is 3.06 bits per heavy atom. The third-order valence-corrected chi connectivity index (χ3v) is 1.84. The Kier molecular flexibility index (Phi) is 2.81. The molecule has 16 heavy (non-hydrogen) atoms. The zero-order chi connectivity index (χ0) is 11.4. The summed E-state index contributed by atoms with van der Waals surface area (Å²) in [6, 6.07) is 4.85. The summed E-state index contributed by atoms with van der Waals surface area (Å²) in [6.45, 7) is 0. The molecule has 0 aliphatic rings. The van der Waals surface area contributed by atoms with Crippen molar-refractivity contribution in [1.82, 2.24) is 10.1 Å². The molecule has 0 spiro atoms. The van der Waals surface area contributed by atoms with Gasteiger partial charge in [0.05, 0.1) is 25.1 Å². The Morgan fingerprint density at radius 1 is 1.56 bits per heavy atom. The van der Waals surface area contributed by atoms with E-state index >= 15 is 0 Å². The van der Waals surface area contributed by atoms with Gasteiger partial charge in [-0.05, 0) is 17.3 Å². The van der Waals surface area contributed by atoms with Crippen molar-refractivity contribution in [3.63, 3.8) is 0 Å². The summed E-state index contributed by atoms with van der Waals surface area (Å²) in [7, 11) is 1.45. The highest BCUT2D eigenvalue weighted by Crippen LogP contribution is 2.12. The molecule has 0 aliphatic carbocycles. The maximum Gasteiger partial charge on any atom is 0.294 e. The van der Waals surface area contributed by atoms with Crippen LogP contribution in [0.25, 0.3) is 0 Å². The highest BCUT2D eigenvalue weighted by atomic mass is 16.5. The molecule has 82 valence electrons. The summed E-state index contributed by atoms with van der Waals surface area (Å²) in [4.78, 5) is 15.5. The first-order valence-electron chi connectivity index (χ1n) is 4.51. The van der Waals surface area contributed by atoms with Gasteiger partial charge in [0.25, 0.3) is 11.8 Å². The van der Waals surface area contributed by atoms with Crippen LogP contribution in [-0.2, 0) is 0 Å². The van der Waals surface area contributed by atoms with Gasteiger partial charge in [0, 0.05) is 6.20 Å². The van der Waals surface area contributed by atoms with Crippen LogP contribution < -0.4 is 10.1 Å². The average molecular weight is 219 g/mol. The summed E-state index contributed by atoms with van der Waals surface area (Å²) in [5.41, 5.74) is 0.586. The summed E-state index contributed by atoms with van der Waals surface area (Å²) < 4.78 is 9.58. The van der Waals surface area contributed by atoms with Crippen molar-refractivity contribution < 1.29 is 14.1 Å². The van der Waals surface area contributed by atoms with E-state index in [2.05, 4.69) is 15.5 Å². The van der Waals surface area contributed by atoms with Crippen LogP contribution in [0, 0.1) is 0 Å². The van der Waals surface area contributed by atoms with Crippen molar-refractivity contribution in [2.45, 2.75) is 0 Å². The predicted octanol–water partition coefficient (Wildman–Crippen LogP) is 1.33. The molecule has 6 nitrogen and oxygen atoms in total. The maximum atomic E-state index is 11.6. The highest BCUT2D eigenvalue weighted by molar-refractivity contribution is 6.02. The van der Waals surface area contributed by atoms with Crippen molar-refractivity contribution in [3.8, 4) is 5.88 Å². The molecule has 1 amide bonds. The predicted molar refractivity (Wildman–Crippen MR) is 55.2 cm³/mol. The molecule has 0 saturated carbocycles. The number of carbonyl (C=O) groups excluding carboxylic acids is 1. The first-order chi connectivity index (χ1) is 7.79. The van der Waals surface area contributed by atoms with Gasteiger partial charge in [0.2, 0.25) is 5.76 Å². The van der Waals surface area contributed by atoms with Crippen molar-refractivity contribution in [2.75, 3.05) is 12.4 Å². The zero-order valence-corrected chi connectivity index (χ0v) is 8.51. The van der Waals surface area contributed by atoms with Crippen molar-refractivity contribution in [2.24, 2.45) is 0 Å². The van der Waals surface area contributed by atoms with Gasteiger partial charge in [-0.3, -0.25) is 9.78 Å². The quantitative estimate of drug-likeness (QED) is 0.842. The van der Waals surface area contributed by atoms with Crippen LogP contribution in [-0.4, -0.2) is 23.2 Å². The molecule has 6 heteroatoms. The number of aromatic nitrogens is 2. The van der Waals surface area contributed by atoms with Gasteiger partial charge in [-0.15, -0.1) is 0 Å². The molecule has 0 bridgehead atoms. The smallest absolute Gasteiger partial charge is 0.294 e. The molecule has 1 N–H and O–H groups in total. The standard InChI is InChI=1S/C10H9N3O3/c1-15-9-5-8(16-13-9)10(14)12-7-3-2-4-11-6-7/h2-6H,1H3,(H,12,14). The van der Waals surface area contributed by atoms with Gasteiger partial charge < -0.3 is 14.6 Å². The topological polar surface area (TPSA) is 77.2 Å². The second kappa shape index (κ2) is 4.43. The molecular weight excluding hydrogens is 210 g/mol.